The van der Waals surface area contributed by atoms with Crippen molar-refractivity contribution >= 4 is 16.7 Å². The fourth-order valence-corrected chi connectivity index (χ4v) is 2.22. The molecule has 0 radical (unpaired) electrons. The molecule has 0 saturated heterocycles. The standard InChI is InChI=1S/C15H17N5/c1-10-4-5-13(9-16-10)17-7-12-6-14-11(2)19-20(3)15(14)18-8-12/h4-6,8-9,17H,7H2,1-3H3. The van der Waals surface area contributed by atoms with E-state index in [1.54, 1.807) is 0 Å². The van der Waals surface area contributed by atoms with Gasteiger partial charge in [0.1, 0.15) is 0 Å². The first-order valence-corrected chi connectivity index (χ1v) is 6.58. The fraction of sp³-hybridized carbons (Fsp3) is 0.267. The molecule has 1 N–H and O–H groups in total. The molecule has 0 aliphatic heterocycles. The maximum atomic E-state index is 4.47. The molecule has 3 heterocycles. The first-order valence-electron chi connectivity index (χ1n) is 6.58. The molecule has 0 aromatic carbocycles. The molecule has 3 rings (SSSR count). The molecule has 102 valence electrons. The third kappa shape index (κ3) is 2.34. The SMILES string of the molecule is Cc1ccc(NCc2cnc3c(c2)c(C)nn3C)cn1. The highest BCUT2D eigenvalue weighted by Gasteiger charge is 2.06. The second-order valence-electron chi connectivity index (χ2n) is 4.97. The average molecular weight is 267 g/mol. The van der Waals surface area contributed by atoms with E-state index >= 15 is 0 Å². The Balaban J connectivity index is 1.80. The quantitative estimate of drug-likeness (QED) is 0.792. The van der Waals surface area contributed by atoms with E-state index in [1.807, 2.05) is 50.1 Å². The number of fused-ring (bicyclic) bond motifs is 1. The lowest BCUT2D eigenvalue weighted by Crippen LogP contribution is -2.01. The molecule has 5 nitrogen and oxygen atoms in total. The van der Waals surface area contributed by atoms with Crippen LogP contribution in [-0.4, -0.2) is 19.7 Å². The largest absolute Gasteiger partial charge is 0.380 e. The fourth-order valence-electron chi connectivity index (χ4n) is 2.22. The summed E-state index contributed by atoms with van der Waals surface area (Å²) in [6, 6.07) is 6.16. The predicted octanol–water partition coefficient (Wildman–Crippen LogP) is 2.59. The predicted molar refractivity (Wildman–Crippen MR) is 79.5 cm³/mol. The smallest absolute Gasteiger partial charge is 0.157 e. The third-order valence-corrected chi connectivity index (χ3v) is 3.33. The Bertz CT molecular complexity index is 743. The highest BCUT2D eigenvalue weighted by atomic mass is 15.3. The van der Waals surface area contributed by atoms with Crippen LogP contribution in [0.15, 0.2) is 30.6 Å². The van der Waals surface area contributed by atoms with Crippen LogP contribution in [0.25, 0.3) is 11.0 Å². The van der Waals surface area contributed by atoms with Crippen LogP contribution in [0.3, 0.4) is 0 Å². The van der Waals surface area contributed by atoms with Crippen LogP contribution >= 0.6 is 0 Å². The first-order chi connectivity index (χ1) is 9.63. The van der Waals surface area contributed by atoms with Crippen LogP contribution in [0.1, 0.15) is 17.0 Å². The molecule has 5 heteroatoms. The molecule has 0 atom stereocenters. The minimum absolute atomic E-state index is 0.724. The Morgan fingerprint density at radius 2 is 2.00 bits per heavy atom. The van der Waals surface area contributed by atoms with Crippen LogP contribution < -0.4 is 5.32 Å². The molecule has 0 bridgehead atoms. The lowest BCUT2D eigenvalue weighted by molar-refractivity contribution is 0.773. The van der Waals surface area contributed by atoms with Crippen molar-refractivity contribution in [1.82, 2.24) is 19.7 Å². The number of nitrogens with one attached hydrogen (secondary N) is 1. The molecule has 3 aromatic heterocycles. The van der Waals surface area contributed by atoms with Crippen LogP contribution in [0.4, 0.5) is 5.69 Å². The lowest BCUT2D eigenvalue weighted by atomic mass is 10.2. The number of nitrogens with zero attached hydrogens (tertiary/aromatic N) is 4. The van der Waals surface area contributed by atoms with E-state index in [0.717, 1.165) is 40.2 Å². The maximum absolute atomic E-state index is 4.47. The van der Waals surface area contributed by atoms with Gasteiger partial charge >= 0.3 is 0 Å². The molecule has 0 amide bonds. The molecule has 0 aliphatic carbocycles. The number of hydrogen-bond donors (Lipinski definition) is 1. The zero-order valence-corrected chi connectivity index (χ0v) is 11.9. The summed E-state index contributed by atoms with van der Waals surface area (Å²) in [7, 11) is 1.91. The number of rotatable bonds is 3. The van der Waals surface area contributed by atoms with Crippen molar-refractivity contribution in [3.05, 3.63) is 47.5 Å². The third-order valence-electron chi connectivity index (χ3n) is 3.33. The maximum Gasteiger partial charge on any atom is 0.157 e. The van der Waals surface area contributed by atoms with E-state index in [1.165, 1.54) is 0 Å². The van der Waals surface area contributed by atoms with Crippen molar-refractivity contribution in [3.63, 3.8) is 0 Å². The molecule has 0 saturated carbocycles. The van der Waals surface area contributed by atoms with Crippen molar-refractivity contribution in [2.45, 2.75) is 20.4 Å². The summed E-state index contributed by atoms with van der Waals surface area (Å²) in [6.07, 6.45) is 3.73. The van der Waals surface area contributed by atoms with Gasteiger partial charge in [0.25, 0.3) is 0 Å². The van der Waals surface area contributed by atoms with Gasteiger partial charge in [-0.15, -0.1) is 0 Å². The minimum Gasteiger partial charge on any atom is -0.380 e. The molecule has 0 unspecified atom stereocenters. The molecule has 0 aliphatic rings. The van der Waals surface area contributed by atoms with Gasteiger partial charge in [-0.3, -0.25) is 9.67 Å². The lowest BCUT2D eigenvalue weighted by Gasteiger charge is -2.06. The number of pyridine rings is 2. The molecule has 0 spiro atoms. The van der Waals surface area contributed by atoms with Crippen molar-refractivity contribution in [2.75, 3.05) is 5.32 Å². The zero-order chi connectivity index (χ0) is 14.1. The summed E-state index contributed by atoms with van der Waals surface area (Å²) in [4.78, 5) is 8.74. The Morgan fingerprint density at radius 3 is 2.75 bits per heavy atom. The summed E-state index contributed by atoms with van der Waals surface area (Å²) in [5.41, 5.74) is 5.09. The van der Waals surface area contributed by atoms with Crippen LogP contribution in [0.2, 0.25) is 0 Å². The normalized spacial score (nSPS) is 10.9. The number of anilines is 1. The van der Waals surface area contributed by atoms with Gasteiger partial charge in [0.15, 0.2) is 5.65 Å². The Kier molecular flexibility index (Phi) is 3.10. The van der Waals surface area contributed by atoms with Crippen LogP contribution in [0, 0.1) is 13.8 Å². The van der Waals surface area contributed by atoms with Gasteiger partial charge in [-0.05, 0) is 37.6 Å². The van der Waals surface area contributed by atoms with Gasteiger partial charge in [0, 0.05) is 30.9 Å². The molecule has 0 fully saturated rings. The zero-order valence-electron chi connectivity index (χ0n) is 11.9. The van der Waals surface area contributed by atoms with E-state index in [9.17, 15) is 0 Å². The van der Waals surface area contributed by atoms with Crippen molar-refractivity contribution in [1.29, 1.82) is 0 Å². The summed E-state index contributed by atoms with van der Waals surface area (Å²) in [6.45, 7) is 4.71. The number of aryl methyl sites for hydroxylation is 3. The first kappa shape index (κ1) is 12.6. The van der Waals surface area contributed by atoms with Gasteiger partial charge in [-0.1, -0.05) is 0 Å². The van der Waals surface area contributed by atoms with E-state index in [-0.39, 0.29) is 0 Å². The van der Waals surface area contributed by atoms with Crippen molar-refractivity contribution in [3.8, 4) is 0 Å². The molecular formula is C15H17N5. The molecular weight excluding hydrogens is 250 g/mol. The van der Waals surface area contributed by atoms with Crippen molar-refractivity contribution < 1.29 is 0 Å². The summed E-state index contributed by atoms with van der Waals surface area (Å²) < 4.78 is 1.81. The van der Waals surface area contributed by atoms with Gasteiger partial charge in [0.2, 0.25) is 0 Å². The van der Waals surface area contributed by atoms with Crippen LogP contribution in [-0.2, 0) is 13.6 Å². The monoisotopic (exact) mass is 267 g/mol. The number of aromatic nitrogens is 4. The summed E-state index contributed by atoms with van der Waals surface area (Å²) >= 11 is 0. The van der Waals surface area contributed by atoms with Crippen LogP contribution in [0.5, 0.6) is 0 Å². The van der Waals surface area contributed by atoms with Crippen molar-refractivity contribution in [2.24, 2.45) is 7.05 Å². The van der Waals surface area contributed by atoms with Gasteiger partial charge in [-0.2, -0.15) is 5.10 Å². The minimum atomic E-state index is 0.724. The molecule has 20 heavy (non-hydrogen) atoms. The van der Waals surface area contributed by atoms with E-state index < -0.39 is 0 Å². The average Bonchev–Trinajstić information content (AvgIpc) is 2.73. The highest BCUT2D eigenvalue weighted by molar-refractivity contribution is 5.78. The Morgan fingerprint density at radius 1 is 1.15 bits per heavy atom. The topological polar surface area (TPSA) is 55.6 Å². The Labute approximate surface area is 117 Å². The van der Waals surface area contributed by atoms with Gasteiger partial charge in [-0.25, -0.2) is 4.98 Å². The second-order valence-corrected chi connectivity index (χ2v) is 4.97. The van der Waals surface area contributed by atoms with E-state index in [2.05, 4.69) is 26.4 Å². The molecule has 3 aromatic rings. The van der Waals surface area contributed by atoms with Gasteiger partial charge < -0.3 is 5.32 Å². The summed E-state index contributed by atoms with van der Waals surface area (Å²) in [5.74, 6) is 0. The highest BCUT2D eigenvalue weighted by Crippen LogP contribution is 2.17. The van der Waals surface area contributed by atoms with E-state index in [0.29, 0.717) is 0 Å². The Hall–Kier alpha value is -2.43. The number of hydrogen-bond acceptors (Lipinski definition) is 4. The van der Waals surface area contributed by atoms with Gasteiger partial charge in [0.05, 0.1) is 17.6 Å². The van der Waals surface area contributed by atoms with E-state index in [4.69, 9.17) is 0 Å². The second kappa shape index (κ2) is 4.92. The summed E-state index contributed by atoms with van der Waals surface area (Å²) in [5, 5.41) is 8.84.